The van der Waals surface area contributed by atoms with Gasteiger partial charge >= 0.3 is 5.69 Å². The van der Waals surface area contributed by atoms with Crippen molar-refractivity contribution in [1.82, 2.24) is 14.0 Å². The zero-order valence-electron chi connectivity index (χ0n) is 17.4. The number of aryl methyl sites for hydroxylation is 1. The number of amides is 1. The molecule has 0 bridgehead atoms. The number of fused-ring (bicyclic) bond motifs is 2. The average molecular weight is 466 g/mol. The van der Waals surface area contributed by atoms with Crippen LogP contribution in [0.1, 0.15) is 16.0 Å². The number of hydrogen-bond donors (Lipinski definition) is 0. The van der Waals surface area contributed by atoms with Gasteiger partial charge in [0.1, 0.15) is 11.4 Å². The van der Waals surface area contributed by atoms with Gasteiger partial charge in [-0.2, -0.15) is 0 Å². The largest absolute Gasteiger partial charge is 0.337 e. The molecule has 1 aliphatic heterocycles. The lowest BCUT2D eigenvalue weighted by molar-refractivity contribution is -0.132. The van der Waals surface area contributed by atoms with Crippen LogP contribution >= 0.6 is 22.9 Å². The van der Waals surface area contributed by atoms with E-state index in [9.17, 15) is 14.4 Å². The summed E-state index contributed by atoms with van der Waals surface area (Å²) in [7, 11) is 0. The third kappa shape index (κ3) is 3.57. The molecule has 0 atom stereocenters. The van der Waals surface area contributed by atoms with Gasteiger partial charge in [0.2, 0.25) is 5.91 Å². The second-order valence-electron chi connectivity index (χ2n) is 7.90. The predicted molar refractivity (Wildman–Crippen MR) is 127 cm³/mol. The van der Waals surface area contributed by atoms with Crippen LogP contribution in [0.5, 0.6) is 0 Å². The number of nitrogens with zero attached hydrogens (tertiary/aromatic N) is 3. The number of rotatable bonds is 3. The molecule has 0 fully saturated rings. The molecule has 4 aromatic rings. The molecule has 0 N–H and O–H groups in total. The lowest BCUT2D eigenvalue weighted by Crippen LogP contribution is -2.43. The fraction of sp³-hybridized carbons (Fsp3) is 0.208. The van der Waals surface area contributed by atoms with E-state index in [0.29, 0.717) is 34.0 Å². The van der Waals surface area contributed by atoms with Crippen molar-refractivity contribution in [2.45, 2.75) is 26.4 Å². The van der Waals surface area contributed by atoms with Gasteiger partial charge in [-0.05, 0) is 48.7 Å². The minimum atomic E-state index is -0.544. The highest BCUT2D eigenvalue weighted by Crippen LogP contribution is 2.23. The molecule has 8 heteroatoms. The molecule has 1 amide bonds. The van der Waals surface area contributed by atoms with Gasteiger partial charge in [0.05, 0.1) is 11.1 Å². The minimum Gasteiger partial charge on any atom is -0.336 e. The van der Waals surface area contributed by atoms with Crippen LogP contribution < -0.4 is 11.2 Å². The van der Waals surface area contributed by atoms with Gasteiger partial charge in [0.25, 0.3) is 5.56 Å². The summed E-state index contributed by atoms with van der Waals surface area (Å²) >= 11 is 7.45. The predicted octanol–water partition coefficient (Wildman–Crippen LogP) is 3.76. The van der Waals surface area contributed by atoms with Crippen molar-refractivity contribution in [3.05, 3.63) is 96.5 Å². The first-order valence-corrected chi connectivity index (χ1v) is 11.5. The maximum absolute atomic E-state index is 13.5. The van der Waals surface area contributed by atoms with Crippen molar-refractivity contribution in [2.24, 2.45) is 0 Å². The highest BCUT2D eigenvalue weighted by atomic mass is 35.5. The van der Waals surface area contributed by atoms with E-state index in [0.717, 1.165) is 21.4 Å². The van der Waals surface area contributed by atoms with Gasteiger partial charge in [-0.1, -0.05) is 41.9 Å². The van der Waals surface area contributed by atoms with Crippen molar-refractivity contribution in [2.75, 3.05) is 6.54 Å². The van der Waals surface area contributed by atoms with Crippen LogP contribution in [0.2, 0.25) is 5.02 Å². The molecular formula is C24H20ClN3O3S. The number of thiophene rings is 1. The number of halogens is 1. The van der Waals surface area contributed by atoms with Crippen LogP contribution in [0.15, 0.2) is 64.2 Å². The third-order valence-electron chi connectivity index (χ3n) is 5.78. The van der Waals surface area contributed by atoms with E-state index in [4.69, 9.17) is 11.6 Å². The monoisotopic (exact) mass is 465 g/mol. The van der Waals surface area contributed by atoms with Crippen molar-refractivity contribution in [1.29, 1.82) is 0 Å². The summed E-state index contributed by atoms with van der Waals surface area (Å²) in [6, 6.07) is 16.5. The fourth-order valence-corrected chi connectivity index (χ4v) is 5.37. The van der Waals surface area contributed by atoms with Crippen LogP contribution in [0.4, 0.5) is 0 Å². The van der Waals surface area contributed by atoms with Crippen LogP contribution in [0.25, 0.3) is 15.9 Å². The molecule has 0 spiro atoms. The molecule has 2 aromatic carbocycles. The van der Waals surface area contributed by atoms with Crippen molar-refractivity contribution >= 4 is 39.1 Å². The Labute approximate surface area is 192 Å². The van der Waals surface area contributed by atoms with Crippen molar-refractivity contribution in [3.63, 3.8) is 0 Å². The van der Waals surface area contributed by atoms with E-state index in [1.165, 1.54) is 21.5 Å². The quantitative estimate of drug-likeness (QED) is 0.462. The first kappa shape index (κ1) is 20.7. The Kier molecular flexibility index (Phi) is 5.23. The van der Waals surface area contributed by atoms with Gasteiger partial charge in [0, 0.05) is 23.0 Å². The summed E-state index contributed by atoms with van der Waals surface area (Å²) in [6.07, 6.45) is 0.784. The van der Waals surface area contributed by atoms with Crippen molar-refractivity contribution in [3.8, 4) is 5.69 Å². The Balaban J connectivity index is 1.59. The summed E-state index contributed by atoms with van der Waals surface area (Å²) in [6.45, 7) is 2.87. The number of carbonyl (C=O) groups is 1. The van der Waals surface area contributed by atoms with Gasteiger partial charge < -0.3 is 4.90 Å². The lowest BCUT2D eigenvalue weighted by atomic mass is 10.00. The van der Waals surface area contributed by atoms with E-state index in [-0.39, 0.29) is 12.5 Å². The number of hydrogen-bond acceptors (Lipinski definition) is 4. The summed E-state index contributed by atoms with van der Waals surface area (Å²) in [5.41, 5.74) is 1.80. The first-order chi connectivity index (χ1) is 15.4. The topological polar surface area (TPSA) is 64.3 Å². The van der Waals surface area contributed by atoms with Crippen LogP contribution in [-0.2, 0) is 24.3 Å². The molecule has 0 radical (unpaired) electrons. The molecule has 0 unspecified atom stereocenters. The second kappa shape index (κ2) is 8.07. The molecule has 5 rings (SSSR count). The molecule has 1 aliphatic rings. The van der Waals surface area contributed by atoms with Gasteiger partial charge in [-0.25, -0.2) is 9.36 Å². The molecule has 162 valence electrons. The van der Waals surface area contributed by atoms with E-state index < -0.39 is 11.2 Å². The highest BCUT2D eigenvalue weighted by Gasteiger charge is 2.24. The smallest absolute Gasteiger partial charge is 0.336 e. The SMILES string of the molecule is Cc1cc2c(=O)n(-c3cccc(Cl)c3)c(=O)n(CC(=O)N3CCc4ccccc4C3)c2s1. The molecule has 32 heavy (non-hydrogen) atoms. The summed E-state index contributed by atoms with van der Waals surface area (Å²) in [4.78, 5) is 43.0. The second-order valence-corrected chi connectivity index (χ2v) is 9.57. The fourth-order valence-electron chi connectivity index (χ4n) is 4.20. The van der Waals surface area contributed by atoms with Gasteiger partial charge in [0.15, 0.2) is 0 Å². The molecule has 0 aliphatic carbocycles. The molecule has 3 heterocycles. The minimum absolute atomic E-state index is 0.127. The Bertz CT molecular complexity index is 1480. The number of aromatic nitrogens is 2. The van der Waals surface area contributed by atoms with Crippen molar-refractivity contribution < 1.29 is 4.79 Å². The lowest BCUT2D eigenvalue weighted by Gasteiger charge is -2.29. The normalized spacial score (nSPS) is 13.4. The Hall–Kier alpha value is -3.16. The molecule has 0 saturated heterocycles. The van der Waals surface area contributed by atoms with Gasteiger partial charge in [-0.3, -0.25) is 14.2 Å². The van der Waals surface area contributed by atoms with E-state index in [1.54, 1.807) is 35.2 Å². The van der Waals surface area contributed by atoms with E-state index >= 15 is 0 Å². The van der Waals surface area contributed by atoms with Gasteiger partial charge in [-0.15, -0.1) is 11.3 Å². The maximum Gasteiger partial charge on any atom is 0.337 e. The van der Waals surface area contributed by atoms with E-state index in [1.807, 2.05) is 25.1 Å². The van der Waals surface area contributed by atoms with E-state index in [2.05, 4.69) is 6.07 Å². The number of benzene rings is 2. The Morgan fingerprint density at radius 2 is 1.84 bits per heavy atom. The molecule has 0 saturated carbocycles. The average Bonchev–Trinajstić information content (AvgIpc) is 3.18. The molecule has 2 aromatic heterocycles. The summed E-state index contributed by atoms with van der Waals surface area (Å²) in [5, 5.41) is 0.842. The zero-order valence-corrected chi connectivity index (χ0v) is 18.9. The van der Waals surface area contributed by atoms with Crippen LogP contribution in [0.3, 0.4) is 0 Å². The van der Waals surface area contributed by atoms with Crippen LogP contribution in [-0.4, -0.2) is 26.5 Å². The maximum atomic E-state index is 13.5. The molecular weight excluding hydrogens is 446 g/mol. The molecule has 6 nitrogen and oxygen atoms in total. The van der Waals surface area contributed by atoms with Crippen LogP contribution in [0, 0.1) is 6.92 Å². The number of carbonyl (C=O) groups excluding carboxylic acids is 1. The Morgan fingerprint density at radius 1 is 1.06 bits per heavy atom. The third-order valence-corrected chi connectivity index (χ3v) is 7.09. The standard InChI is InChI=1S/C24H20ClN3O3S/c1-15-11-20-22(30)28(19-8-4-7-18(25)12-19)24(31)27(23(20)32-15)14-21(29)26-10-9-16-5-2-3-6-17(16)13-26/h2-8,11-12H,9-10,13-14H2,1H3. The highest BCUT2D eigenvalue weighted by molar-refractivity contribution is 7.18. The Morgan fingerprint density at radius 3 is 2.62 bits per heavy atom. The summed E-state index contributed by atoms with van der Waals surface area (Å²) in [5.74, 6) is -0.148. The zero-order chi connectivity index (χ0) is 22.4. The summed E-state index contributed by atoms with van der Waals surface area (Å²) < 4.78 is 2.51. The first-order valence-electron chi connectivity index (χ1n) is 10.3.